The zero-order chi connectivity index (χ0) is 27.6. The molecule has 5 nitrogen and oxygen atoms in total. The first-order valence-electron chi connectivity index (χ1n) is 13.9. The van der Waals surface area contributed by atoms with Crippen molar-refractivity contribution in [3.63, 3.8) is 0 Å². The van der Waals surface area contributed by atoms with Crippen LogP contribution in [-0.4, -0.2) is 37.6 Å². The van der Waals surface area contributed by atoms with E-state index in [1.165, 1.54) is 7.11 Å². The van der Waals surface area contributed by atoms with Gasteiger partial charge in [0.2, 0.25) is 0 Å². The number of ether oxygens (including phenoxy) is 1. The molecule has 0 saturated carbocycles. The van der Waals surface area contributed by atoms with Gasteiger partial charge in [0.1, 0.15) is 0 Å². The maximum atomic E-state index is 11.7. The summed E-state index contributed by atoms with van der Waals surface area (Å²) in [5.41, 5.74) is 1.80. The van der Waals surface area contributed by atoms with Crippen LogP contribution in [0.2, 0.25) is 18.1 Å². The fraction of sp³-hybridized carbons (Fsp3) is 0.613. The molecule has 37 heavy (non-hydrogen) atoms. The van der Waals surface area contributed by atoms with Gasteiger partial charge in [-0.2, -0.15) is 0 Å². The lowest BCUT2D eigenvalue weighted by molar-refractivity contribution is -0.140. The quantitative estimate of drug-likeness (QED) is 0.152. The molecule has 0 saturated heterocycles. The number of fused-ring (bicyclic) bond motifs is 1. The molecule has 0 unspecified atom stereocenters. The first-order chi connectivity index (χ1) is 17.4. The van der Waals surface area contributed by atoms with Gasteiger partial charge >= 0.3 is 5.97 Å². The number of hydrogen-bond acceptors (Lipinski definition) is 5. The minimum atomic E-state index is -1.99. The third-order valence-corrected chi connectivity index (χ3v) is 12.3. The van der Waals surface area contributed by atoms with E-state index in [2.05, 4.69) is 72.0 Å². The molecule has 0 spiro atoms. The van der Waals surface area contributed by atoms with Crippen molar-refractivity contribution in [2.24, 2.45) is 5.92 Å². The highest BCUT2D eigenvalue weighted by atomic mass is 28.4. The minimum Gasteiger partial charge on any atom is -0.469 e. The summed E-state index contributed by atoms with van der Waals surface area (Å²) in [6, 6.07) is 8.19. The largest absolute Gasteiger partial charge is 0.469 e. The highest BCUT2D eigenvalue weighted by Gasteiger charge is 2.39. The van der Waals surface area contributed by atoms with E-state index in [0.717, 1.165) is 60.6 Å². The molecule has 0 amide bonds. The van der Waals surface area contributed by atoms with Gasteiger partial charge in [-0.1, -0.05) is 90.3 Å². The van der Waals surface area contributed by atoms with Gasteiger partial charge in [-0.15, -0.1) is 0 Å². The van der Waals surface area contributed by atoms with E-state index in [1.54, 1.807) is 0 Å². The van der Waals surface area contributed by atoms with Crippen molar-refractivity contribution in [3.05, 3.63) is 47.8 Å². The smallest absolute Gasteiger partial charge is 0.305 e. The zero-order valence-electron chi connectivity index (χ0n) is 24.3. The molecular formula is C31H49NO4Si. The highest BCUT2D eigenvalue weighted by molar-refractivity contribution is 6.74. The van der Waals surface area contributed by atoms with Crippen molar-refractivity contribution in [2.45, 2.75) is 110 Å². The number of aromatic nitrogens is 1. The van der Waals surface area contributed by atoms with E-state index < -0.39 is 14.4 Å². The van der Waals surface area contributed by atoms with Crippen LogP contribution >= 0.6 is 0 Å². The Morgan fingerprint density at radius 2 is 1.78 bits per heavy atom. The van der Waals surface area contributed by atoms with Crippen LogP contribution in [0, 0.1) is 5.92 Å². The summed E-state index contributed by atoms with van der Waals surface area (Å²) in [5, 5.41) is 13.0. The molecule has 6 heteroatoms. The number of rotatable bonds is 14. The fourth-order valence-corrected chi connectivity index (χ4v) is 5.72. The van der Waals surface area contributed by atoms with E-state index in [-0.39, 0.29) is 23.0 Å². The lowest BCUT2D eigenvalue weighted by Crippen LogP contribution is -2.45. The Labute approximate surface area is 225 Å². The number of nitrogens with zero attached hydrogens (tertiary/aromatic N) is 1. The summed E-state index contributed by atoms with van der Waals surface area (Å²) >= 11 is 0. The third kappa shape index (κ3) is 9.04. The molecule has 1 aromatic heterocycles. The van der Waals surface area contributed by atoms with Crippen molar-refractivity contribution >= 4 is 31.1 Å². The van der Waals surface area contributed by atoms with E-state index >= 15 is 0 Å². The van der Waals surface area contributed by atoms with Crippen molar-refractivity contribution in [2.75, 3.05) is 7.11 Å². The summed E-state index contributed by atoms with van der Waals surface area (Å²) in [7, 11) is -0.557. The van der Waals surface area contributed by atoms with E-state index in [0.29, 0.717) is 6.42 Å². The van der Waals surface area contributed by atoms with Gasteiger partial charge < -0.3 is 14.3 Å². The Morgan fingerprint density at radius 1 is 1.11 bits per heavy atom. The average molecular weight is 528 g/mol. The molecule has 0 aliphatic carbocycles. The second-order valence-electron chi connectivity index (χ2n) is 11.8. The van der Waals surface area contributed by atoms with Crippen LogP contribution < -0.4 is 0 Å². The first-order valence-corrected chi connectivity index (χ1v) is 16.8. The van der Waals surface area contributed by atoms with Crippen LogP contribution in [0.15, 0.2) is 36.5 Å². The van der Waals surface area contributed by atoms with Gasteiger partial charge in [0.15, 0.2) is 8.32 Å². The molecule has 0 bridgehead atoms. The van der Waals surface area contributed by atoms with Crippen molar-refractivity contribution in [1.29, 1.82) is 0 Å². The molecule has 1 N–H and O–H groups in total. The topological polar surface area (TPSA) is 68.7 Å². The Balaban J connectivity index is 2.29. The summed E-state index contributed by atoms with van der Waals surface area (Å²) in [6.07, 6.45) is 11.6. The highest BCUT2D eigenvalue weighted by Crippen LogP contribution is 2.39. The number of carbonyl (C=O) groups excluding carboxylic acids is 1. The molecule has 3 atom stereocenters. The van der Waals surface area contributed by atoms with Gasteiger partial charge in [0.25, 0.3) is 0 Å². The maximum absolute atomic E-state index is 11.7. The second kappa shape index (κ2) is 14.2. The standard InChI is InChI=1S/C31H49NO4Si/c1-9-10-11-17-27(33)30-26-16-13-12-15-25(26)24(22-32-30)21-20-23(2)28(18-14-19-29(34)35-6)36-37(7,8)31(3,4)5/h12-13,15-16,20-23,27-28,33H,9-11,14,17-19H2,1-8H3/b21-20+/t23-,27+,28+/m1/s1. The van der Waals surface area contributed by atoms with Gasteiger partial charge in [0.05, 0.1) is 25.0 Å². The zero-order valence-corrected chi connectivity index (χ0v) is 25.3. The number of aliphatic hydroxyl groups excluding tert-OH is 1. The fourth-order valence-electron chi connectivity index (χ4n) is 4.27. The van der Waals surface area contributed by atoms with Gasteiger partial charge in [-0.3, -0.25) is 9.78 Å². The van der Waals surface area contributed by atoms with Gasteiger partial charge in [-0.25, -0.2) is 0 Å². The van der Waals surface area contributed by atoms with Crippen LogP contribution in [0.3, 0.4) is 0 Å². The number of benzene rings is 1. The summed E-state index contributed by atoms with van der Waals surface area (Å²) in [5.74, 6) is -0.0198. The lowest BCUT2D eigenvalue weighted by Gasteiger charge is -2.40. The number of esters is 1. The second-order valence-corrected chi connectivity index (χ2v) is 16.5. The maximum Gasteiger partial charge on any atom is 0.305 e. The molecule has 0 aliphatic rings. The van der Waals surface area contributed by atoms with Crippen LogP contribution in [0.4, 0.5) is 0 Å². The predicted octanol–water partition coefficient (Wildman–Crippen LogP) is 8.23. The summed E-state index contributed by atoms with van der Waals surface area (Å²) in [4.78, 5) is 16.4. The Hall–Kier alpha value is -2.02. The van der Waals surface area contributed by atoms with Crippen LogP contribution in [-0.2, 0) is 14.0 Å². The monoisotopic (exact) mass is 527 g/mol. The number of methoxy groups -OCH3 is 1. The van der Waals surface area contributed by atoms with Crippen LogP contribution in [0.25, 0.3) is 16.8 Å². The normalized spacial score (nSPS) is 15.2. The average Bonchev–Trinajstić information content (AvgIpc) is 2.85. The van der Waals surface area contributed by atoms with Gasteiger partial charge in [-0.05, 0) is 48.7 Å². The van der Waals surface area contributed by atoms with Crippen LogP contribution in [0.1, 0.15) is 96.9 Å². The number of aliphatic hydroxyl groups is 1. The van der Waals surface area contributed by atoms with Crippen LogP contribution in [0.5, 0.6) is 0 Å². The van der Waals surface area contributed by atoms with E-state index in [1.807, 2.05) is 18.3 Å². The molecular weight excluding hydrogens is 478 g/mol. The molecule has 0 radical (unpaired) electrons. The summed E-state index contributed by atoms with van der Waals surface area (Å²) in [6.45, 7) is 15.7. The molecule has 1 aromatic carbocycles. The van der Waals surface area contributed by atoms with Crippen molar-refractivity contribution in [3.8, 4) is 0 Å². The molecule has 2 rings (SSSR count). The van der Waals surface area contributed by atoms with Gasteiger partial charge in [0, 0.05) is 23.6 Å². The molecule has 206 valence electrons. The molecule has 0 fully saturated rings. The van der Waals surface area contributed by atoms with Crippen molar-refractivity contribution < 1.29 is 19.1 Å². The van der Waals surface area contributed by atoms with E-state index in [4.69, 9.17) is 14.1 Å². The summed E-state index contributed by atoms with van der Waals surface area (Å²) < 4.78 is 11.7. The molecule has 1 heterocycles. The lowest BCUT2D eigenvalue weighted by atomic mass is 9.96. The number of pyridine rings is 1. The Kier molecular flexibility index (Phi) is 12.0. The first kappa shape index (κ1) is 31.2. The Bertz CT molecular complexity index is 1030. The molecule has 0 aliphatic heterocycles. The molecule has 2 aromatic rings. The number of carbonyl (C=O) groups is 1. The van der Waals surface area contributed by atoms with Crippen molar-refractivity contribution in [1.82, 2.24) is 4.98 Å². The third-order valence-electron chi connectivity index (χ3n) is 7.77. The minimum absolute atomic E-state index is 0.0145. The predicted molar refractivity (Wildman–Crippen MR) is 157 cm³/mol. The number of hydrogen-bond donors (Lipinski definition) is 1. The number of unbranched alkanes of at least 4 members (excludes halogenated alkanes) is 2. The Morgan fingerprint density at radius 3 is 2.41 bits per heavy atom. The SMILES string of the molecule is CCCCC[C@H](O)c1ncc(/C=C/[C@@H](C)[C@H](CCCC(=O)OC)O[Si](C)(C)C(C)(C)C)c2ccccc12. The van der Waals surface area contributed by atoms with E-state index in [9.17, 15) is 9.90 Å².